The second-order valence-corrected chi connectivity index (χ2v) is 15.6. The molecule has 0 aliphatic heterocycles. The molecule has 0 atom stereocenters. The van der Waals surface area contributed by atoms with Gasteiger partial charge in [0.05, 0.1) is 22.4 Å². The molecule has 268 valence electrons. The molecule has 2 heterocycles. The van der Waals surface area contributed by atoms with E-state index in [1.807, 2.05) is 11.3 Å². The van der Waals surface area contributed by atoms with Crippen molar-refractivity contribution in [1.82, 2.24) is 4.57 Å². The summed E-state index contributed by atoms with van der Waals surface area (Å²) in [7, 11) is 0. The van der Waals surface area contributed by atoms with Crippen LogP contribution >= 0.6 is 11.3 Å². The maximum atomic E-state index is 2.47. The number of aromatic nitrogens is 1. The summed E-state index contributed by atoms with van der Waals surface area (Å²) >= 11 is 1.85. The Morgan fingerprint density at radius 3 is 1.75 bits per heavy atom. The van der Waals surface area contributed by atoms with E-state index in [0.717, 1.165) is 33.9 Å². The van der Waals surface area contributed by atoms with Gasteiger partial charge in [-0.15, -0.1) is 11.3 Å². The minimum atomic E-state index is 1.10. The minimum Gasteiger partial charge on any atom is -0.310 e. The van der Waals surface area contributed by atoms with Crippen LogP contribution in [-0.2, 0) is 0 Å². The zero-order valence-corrected chi connectivity index (χ0v) is 31.9. The lowest BCUT2D eigenvalue weighted by Gasteiger charge is -2.29. The van der Waals surface area contributed by atoms with E-state index in [1.54, 1.807) is 0 Å². The predicted octanol–water partition coefficient (Wildman–Crippen LogP) is 15.6. The summed E-state index contributed by atoms with van der Waals surface area (Å²) in [6.45, 7) is 0. The highest BCUT2D eigenvalue weighted by molar-refractivity contribution is 7.25. The van der Waals surface area contributed by atoms with Crippen LogP contribution in [0, 0.1) is 0 Å². The number of para-hydroxylation sites is 3. The van der Waals surface area contributed by atoms with Gasteiger partial charge in [-0.1, -0.05) is 158 Å². The van der Waals surface area contributed by atoms with Crippen LogP contribution in [-0.4, -0.2) is 4.57 Å². The Balaban J connectivity index is 1.16. The zero-order chi connectivity index (χ0) is 37.7. The highest BCUT2D eigenvalue weighted by atomic mass is 32.1. The van der Waals surface area contributed by atoms with Crippen molar-refractivity contribution in [3.63, 3.8) is 0 Å². The van der Waals surface area contributed by atoms with Gasteiger partial charge >= 0.3 is 0 Å². The molecule has 0 aliphatic carbocycles. The fourth-order valence-corrected chi connectivity index (χ4v) is 9.65. The van der Waals surface area contributed by atoms with Gasteiger partial charge in [0.25, 0.3) is 0 Å². The van der Waals surface area contributed by atoms with Crippen molar-refractivity contribution in [2.24, 2.45) is 0 Å². The molecule has 0 radical (unpaired) electrons. The standard InChI is InChI=1S/C54H36N2S/c1-3-16-37(17-4-1)39-20-15-21-41(34-39)55(42-31-33-54-48(36-42)47-25-10-14-29-53(47)57-54)49-26-11-7-22-43(49)44-23-8-12-27-50(44)56-51-28-13-9-24-45(51)46-32-30-40(35-52(46)56)38-18-5-2-6-19-38/h1-36H. The highest BCUT2D eigenvalue weighted by Gasteiger charge is 2.22. The van der Waals surface area contributed by atoms with Crippen LogP contribution < -0.4 is 4.90 Å². The van der Waals surface area contributed by atoms with Crippen LogP contribution in [0.4, 0.5) is 17.1 Å². The molecule has 0 saturated heterocycles. The van der Waals surface area contributed by atoms with Crippen molar-refractivity contribution in [3.8, 4) is 39.1 Å². The van der Waals surface area contributed by atoms with Crippen molar-refractivity contribution in [3.05, 3.63) is 218 Å². The molecule has 0 fully saturated rings. The molecule has 3 heteroatoms. The first-order valence-electron chi connectivity index (χ1n) is 19.4. The molecule has 0 aliphatic rings. The number of hydrogen-bond acceptors (Lipinski definition) is 2. The van der Waals surface area contributed by atoms with Crippen LogP contribution in [0.15, 0.2) is 218 Å². The summed E-state index contributed by atoms with van der Waals surface area (Å²) in [6.07, 6.45) is 0. The van der Waals surface area contributed by atoms with Crippen LogP contribution in [0.1, 0.15) is 0 Å². The molecular weight excluding hydrogens is 709 g/mol. The average molecular weight is 745 g/mol. The van der Waals surface area contributed by atoms with E-state index in [1.165, 1.54) is 64.2 Å². The molecule has 11 aromatic rings. The first kappa shape index (κ1) is 33.2. The fraction of sp³-hybridized carbons (Fsp3) is 0. The van der Waals surface area contributed by atoms with E-state index in [4.69, 9.17) is 0 Å². The average Bonchev–Trinajstić information content (AvgIpc) is 3.82. The molecule has 0 unspecified atom stereocenters. The molecule has 0 saturated carbocycles. The molecule has 0 N–H and O–H groups in total. The van der Waals surface area contributed by atoms with E-state index in [9.17, 15) is 0 Å². The highest BCUT2D eigenvalue weighted by Crippen LogP contribution is 2.46. The third-order valence-corrected chi connectivity index (χ3v) is 12.3. The summed E-state index contributed by atoms with van der Waals surface area (Å²) in [5.74, 6) is 0. The Kier molecular flexibility index (Phi) is 8.04. The molecule has 0 spiro atoms. The lowest BCUT2D eigenvalue weighted by molar-refractivity contribution is 1.18. The molecule has 2 nitrogen and oxygen atoms in total. The zero-order valence-electron chi connectivity index (χ0n) is 31.1. The van der Waals surface area contributed by atoms with E-state index in [0.29, 0.717) is 0 Å². The van der Waals surface area contributed by atoms with Crippen molar-refractivity contribution in [1.29, 1.82) is 0 Å². The van der Waals surface area contributed by atoms with Crippen LogP contribution in [0.3, 0.4) is 0 Å². The summed E-state index contributed by atoms with van der Waals surface area (Å²) in [6, 6.07) is 79.5. The number of thiophene rings is 1. The van der Waals surface area contributed by atoms with E-state index in [2.05, 4.69) is 228 Å². The topological polar surface area (TPSA) is 8.17 Å². The SMILES string of the molecule is c1ccc(-c2cccc(N(c3ccc4sc5ccccc5c4c3)c3ccccc3-c3ccccc3-n3c4ccccc4c4ccc(-c5ccccc5)cc43)c2)cc1. The quantitative estimate of drug-likeness (QED) is 0.158. The van der Waals surface area contributed by atoms with E-state index >= 15 is 0 Å². The summed E-state index contributed by atoms with van der Waals surface area (Å²) in [5.41, 5.74) is 13.9. The Hall–Kier alpha value is -7.20. The molecule has 0 bridgehead atoms. The smallest absolute Gasteiger partial charge is 0.0547 e. The Morgan fingerprint density at radius 2 is 0.930 bits per heavy atom. The number of anilines is 3. The van der Waals surface area contributed by atoms with Gasteiger partial charge in [0, 0.05) is 53.4 Å². The van der Waals surface area contributed by atoms with Crippen molar-refractivity contribution in [2.75, 3.05) is 4.90 Å². The first-order valence-corrected chi connectivity index (χ1v) is 20.2. The van der Waals surface area contributed by atoms with Crippen molar-refractivity contribution < 1.29 is 0 Å². The fourth-order valence-electron chi connectivity index (χ4n) is 8.57. The second-order valence-electron chi connectivity index (χ2n) is 14.5. The Bertz CT molecular complexity index is 3250. The Morgan fingerprint density at radius 1 is 0.333 bits per heavy atom. The van der Waals surface area contributed by atoms with Gasteiger partial charge in [0.1, 0.15) is 0 Å². The lowest BCUT2D eigenvalue weighted by Crippen LogP contribution is -2.11. The minimum absolute atomic E-state index is 1.10. The maximum Gasteiger partial charge on any atom is 0.0547 e. The van der Waals surface area contributed by atoms with E-state index in [-0.39, 0.29) is 0 Å². The largest absolute Gasteiger partial charge is 0.310 e. The lowest BCUT2D eigenvalue weighted by atomic mass is 9.98. The van der Waals surface area contributed by atoms with Gasteiger partial charge in [0.2, 0.25) is 0 Å². The van der Waals surface area contributed by atoms with Crippen molar-refractivity contribution >= 4 is 70.4 Å². The monoisotopic (exact) mass is 744 g/mol. The third-order valence-electron chi connectivity index (χ3n) is 11.2. The second kappa shape index (κ2) is 13.8. The predicted molar refractivity (Wildman–Crippen MR) is 245 cm³/mol. The van der Waals surface area contributed by atoms with Crippen LogP contribution in [0.2, 0.25) is 0 Å². The normalized spacial score (nSPS) is 11.5. The number of fused-ring (bicyclic) bond motifs is 6. The van der Waals surface area contributed by atoms with Gasteiger partial charge in [-0.2, -0.15) is 0 Å². The number of nitrogens with zero attached hydrogens (tertiary/aromatic N) is 2. The first-order chi connectivity index (χ1) is 28.3. The van der Waals surface area contributed by atoms with Gasteiger partial charge < -0.3 is 9.47 Å². The summed E-state index contributed by atoms with van der Waals surface area (Å²) < 4.78 is 5.06. The summed E-state index contributed by atoms with van der Waals surface area (Å²) in [5, 5.41) is 5.04. The number of benzene rings is 9. The molecule has 2 aromatic heterocycles. The van der Waals surface area contributed by atoms with Gasteiger partial charge in [0.15, 0.2) is 0 Å². The molecule has 11 rings (SSSR count). The van der Waals surface area contributed by atoms with Crippen LogP contribution in [0.25, 0.3) is 81.0 Å². The number of hydrogen-bond donors (Lipinski definition) is 0. The van der Waals surface area contributed by atoms with Gasteiger partial charge in [-0.05, 0) is 82.9 Å². The Labute approximate surface area is 335 Å². The molecule has 9 aromatic carbocycles. The molecule has 0 amide bonds. The third kappa shape index (κ3) is 5.71. The summed E-state index contributed by atoms with van der Waals surface area (Å²) in [4.78, 5) is 2.45. The van der Waals surface area contributed by atoms with Crippen molar-refractivity contribution in [2.45, 2.75) is 0 Å². The maximum absolute atomic E-state index is 2.47. The number of rotatable bonds is 7. The van der Waals surface area contributed by atoms with Crippen LogP contribution in [0.5, 0.6) is 0 Å². The van der Waals surface area contributed by atoms with E-state index < -0.39 is 0 Å². The molecular formula is C54H36N2S. The molecule has 57 heavy (non-hydrogen) atoms. The van der Waals surface area contributed by atoms with Gasteiger partial charge in [-0.3, -0.25) is 0 Å². The van der Waals surface area contributed by atoms with Gasteiger partial charge in [-0.25, -0.2) is 0 Å².